The minimum absolute atomic E-state index is 0.0267. The monoisotopic (exact) mass is 304 g/mol. The molecule has 0 amide bonds. The fourth-order valence-electron chi connectivity index (χ4n) is 1.96. The van der Waals surface area contributed by atoms with E-state index in [1.54, 1.807) is 41.0 Å². The molecular formula is C15H18N3O4+. The Morgan fingerprint density at radius 2 is 2.18 bits per heavy atom. The Morgan fingerprint density at radius 1 is 1.36 bits per heavy atom. The summed E-state index contributed by atoms with van der Waals surface area (Å²) in [6.45, 7) is 1.27. The van der Waals surface area contributed by atoms with Crippen LogP contribution in [0.1, 0.15) is 6.42 Å². The van der Waals surface area contributed by atoms with Crippen LogP contribution < -0.4 is 10.2 Å². The standard InChI is InChI=1S/C15H17N3O4/c1-22-9-8-17-11-13(2-3-14(17)19)12-4-6-18(16-10-12)7-5-15(20)21/h2-4,6,10-11H,5,7-9H2,1H3/p+1. The second-order valence-corrected chi connectivity index (χ2v) is 4.76. The van der Waals surface area contributed by atoms with Crippen LogP contribution in [0.4, 0.5) is 0 Å². The number of ether oxygens (including phenoxy) is 1. The molecule has 0 spiro atoms. The maximum atomic E-state index is 11.7. The molecule has 7 heteroatoms. The third-order valence-corrected chi connectivity index (χ3v) is 3.18. The molecule has 0 fully saturated rings. The van der Waals surface area contributed by atoms with Gasteiger partial charge in [-0.3, -0.25) is 9.59 Å². The van der Waals surface area contributed by atoms with E-state index < -0.39 is 5.97 Å². The molecule has 0 radical (unpaired) electrons. The molecule has 2 aromatic rings. The zero-order valence-electron chi connectivity index (χ0n) is 12.3. The van der Waals surface area contributed by atoms with Crippen molar-refractivity contribution in [1.29, 1.82) is 0 Å². The summed E-state index contributed by atoms with van der Waals surface area (Å²) in [4.78, 5) is 22.3. The van der Waals surface area contributed by atoms with Gasteiger partial charge in [0.25, 0.3) is 5.56 Å². The fourth-order valence-corrected chi connectivity index (χ4v) is 1.96. The van der Waals surface area contributed by atoms with E-state index in [0.29, 0.717) is 19.7 Å². The first-order valence-electron chi connectivity index (χ1n) is 6.87. The minimum atomic E-state index is -0.858. The Hall–Kier alpha value is -2.54. The van der Waals surface area contributed by atoms with Crippen LogP contribution in [-0.4, -0.2) is 34.5 Å². The SMILES string of the molecule is COCCn1cc(-c2cc[n+](CCC(=O)O)nc2)ccc1=O. The van der Waals surface area contributed by atoms with E-state index >= 15 is 0 Å². The molecule has 0 aliphatic carbocycles. The van der Waals surface area contributed by atoms with E-state index in [-0.39, 0.29) is 12.0 Å². The lowest BCUT2D eigenvalue weighted by molar-refractivity contribution is -0.752. The van der Waals surface area contributed by atoms with Gasteiger partial charge < -0.3 is 14.4 Å². The van der Waals surface area contributed by atoms with Crippen LogP contribution in [0, 0.1) is 0 Å². The number of hydrogen-bond acceptors (Lipinski definition) is 4. The molecule has 2 aromatic heterocycles. The molecule has 22 heavy (non-hydrogen) atoms. The molecular weight excluding hydrogens is 286 g/mol. The van der Waals surface area contributed by atoms with Crippen LogP contribution in [0.25, 0.3) is 11.1 Å². The van der Waals surface area contributed by atoms with Gasteiger partial charge in [-0.25, -0.2) is 0 Å². The van der Waals surface area contributed by atoms with Gasteiger partial charge in [-0.1, -0.05) is 4.68 Å². The summed E-state index contributed by atoms with van der Waals surface area (Å²) in [6, 6.07) is 5.09. The normalized spacial score (nSPS) is 10.6. The van der Waals surface area contributed by atoms with Gasteiger partial charge in [0.2, 0.25) is 0 Å². The van der Waals surface area contributed by atoms with Gasteiger partial charge in [-0.15, -0.1) is 0 Å². The van der Waals surface area contributed by atoms with Crippen LogP contribution in [0.15, 0.2) is 41.6 Å². The van der Waals surface area contributed by atoms with Crippen molar-refractivity contribution in [2.75, 3.05) is 13.7 Å². The highest BCUT2D eigenvalue weighted by Gasteiger charge is 2.08. The van der Waals surface area contributed by atoms with Crippen LogP contribution in [0.5, 0.6) is 0 Å². The molecule has 0 aliphatic rings. The number of pyridine rings is 1. The fraction of sp³-hybridized carbons (Fsp3) is 0.333. The Bertz CT molecular complexity index is 695. The highest BCUT2D eigenvalue weighted by atomic mass is 16.5. The zero-order valence-corrected chi connectivity index (χ0v) is 12.3. The molecule has 0 saturated heterocycles. The minimum Gasteiger partial charge on any atom is -0.481 e. The Kier molecular flexibility index (Phi) is 5.37. The average Bonchev–Trinajstić information content (AvgIpc) is 2.52. The quantitative estimate of drug-likeness (QED) is 0.745. The molecule has 0 atom stereocenters. The topological polar surface area (TPSA) is 85.3 Å². The first kappa shape index (κ1) is 15.8. The van der Waals surface area contributed by atoms with E-state index in [4.69, 9.17) is 9.84 Å². The van der Waals surface area contributed by atoms with Gasteiger partial charge in [-0.2, -0.15) is 0 Å². The molecule has 7 nitrogen and oxygen atoms in total. The first-order valence-corrected chi connectivity index (χ1v) is 6.87. The number of aryl methyl sites for hydroxylation is 1. The summed E-state index contributed by atoms with van der Waals surface area (Å²) < 4.78 is 8.14. The summed E-state index contributed by atoms with van der Waals surface area (Å²) in [7, 11) is 1.59. The third kappa shape index (κ3) is 4.23. The molecule has 2 rings (SSSR count). The van der Waals surface area contributed by atoms with Crippen LogP contribution >= 0.6 is 0 Å². The predicted molar refractivity (Wildman–Crippen MR) is 78.3 cm³/mol. The Morgan fingerprint density at radius 3 is 2.82 bits per heavy atom. The maximum absolute atomic E-state index is 11.7. The Balaban J connectivity index is 2.17. The molecule has 0 bridgehead atoms. The third-order valence-electron chi connectivity index (χ3n) is 3.18. The van der Waals surface area contributed by atoms with E-state index in [1.165, 1.54) is 6.07 Å². The molecule has 0 aliphatic heterocycles. The molecule has 116 valence electrons. The summed E-state index contributed by atoms with van der Waals surface area (Å²) in [5.41, 5.74) is 1.65. The van der Waals surface area contributed by atoms with Gasteiger partial charge in [0.15, 0.2) is 12.7 Å². The van der Waals surface area contributed by atoms with Gasteiger partial charge in [0, 0.05) is 43.1 Å². The molecule has 0 aromatic carbocycles. The second kappa shape index (κ2) is 7.46. The van der Waals surface area contributed by atoms with Crippen molar-refractivity contribution in [2.45, 2.75) is 19.5 Å². The number of aliphatic carboxylic acids is 1. The van der Waals surface area contributed by atoms with Crippen molar-refractivity contribution in [3.63, 3.8) is 0 Å². The number of aromatic nitrogens is 3. The van der Waals surface area contributed by atoms with Gasteiger partial charge >= 0.3 is 5.97 Å². The van der Waals surface area contributed by atoms with Crippen LogP contribution in [0.3, 0.4) is 0 Å². The summed E-state index contributed by atoms with van der Waals surface area (Å²) in [5.74, 6) is -0.858. The van der Waals surface area contributed by atoms with Crippen LogP contribution in [-0.2, 0) is 22.6 Å². The highest BCUT2D eigenvalue weighted by molar-refractivity contribution is 5.66. The smallest absolute Gasteiger partial charge is 0.309 e. The first-order chi connectivity index (χ1) is 10.6. The van der Waals surface area contributed by atoms with Crippen molar-refractivity contribution < 1.29 is 19.3 Å². The molecule has 0 unspecified atom stereocenters. The van der Waals surface area contributed by atoms with Crippen molar-refractivity contribution in [1.82, 2.24) is 9.67 Å². The number of hydrogen-bond donors (Lipinski definition) is 1. The van der Waals surface area contributed by atoms with Crippen molar-refractivity contribution in [2.24, 2.45) is 0 Å². The van der Waals surface area contributed by atoms with Crippen molar-refractivity contribution in [3.8, 4) is 11.1 Å². The van der Waals surface area contributed by atoms with Crippen molar-refractivity contribution in [3.05, 3.63) is 47.1 Å². The number of rotatable bonds is 7. The number of carboxylic acids is 1. The molecule has 1 N–H and O–H groups in total. The van der Waals surface area contributed by atoms with Gasteiger partial charge in [0.05, 0.1) is 6.61 Å². The summed E-state index contributed by atoms with van der Waals surface area (Å²) >= 11 is 0. The highest BCUT2D eigenvalue weighted by Crippen LogP contribution is 2.14. The lowest BCUT2D eigenvalue weighted by Crippen LogP contribution is -2.38. The van der Waals surface area contributed by atoms with E-state index in [9.17, 15) is 9.59 Å². The summed E-state index contributed by atoms with van der Waals surface area (Å²) in [6.07, 6.45) is 5.17. The average molecular weight is 304 g/mol. The Labute approximate surface area is 127 Å². The molecule has 2 heterocycles. The lowest BCUT2D eigenvalue weighted by atomic mass is 10.1. The second-order valence-electron chi connectivity index (χ2n) is 4.76. The van der Waals surface area contributed by atoms with E-state index in [2.05, 4.69) is 5.10 Å². The number of methoxy groups -OCH3 is 1. The maximum Gasteiger partial charge on any atom is 0.309 e. The largest absolute Gasteiger partial charge is 0.481 e. The van der Waals surface area contributed by atoms with E-state index in [0.717, 1.165) is 11.1 Å². The van der Waals surface area contributed by atoms with Gasteiger partial charge in [-0.05, 0) is 11.2 Å². The summed E-state index contributed by atoms with van der Waals surface area (Å²) in [5, 5.41) is 12.8. The lowest BCUT2D eigenvalue weighted by Gasteiger charge is -2.07. The van der Waals surface area contributed by atoms with Gasteiger partial charge in [0.1, 0.15) is 12.6 Å². The zero-order chi connectivity index (χ0) is 15.9. The van der Waals surface area contributed by atoms with Crippen LogP contribution in [0.2, 0.25) is 0 Å². The molecule has 0 saturated carbocycles. The number of nitrogens with zero attached hydrogens (tertiary/aromatic N) is 3. The number of carboxylic acid groups (broad SMARTS) is 1. The predicted octanol–water partition coefficient (Wildman–Crippen LogP) is 0.319. The van der Waals surface area contributed by atoms with Crippen molar-refractivity contribution >= 4 is 5.97 Å². The van der Waals surface area contributed by atoms with E-state index in [1.807, 2.05) is 6.07 Å². The number of carbonyl (C=O) groups is 1.